The van der Waals surface area contributed by atoms with Gasteiger partial charge >= 0.3 is 0 Å². The zero-order chi connectivity index (χ0) is 21.1. The van der Waals surface area contributed by atoms with Gasteiger partial charge in [0.15, 0.2) is 11.6 Å². The van der Waals surface area contributed by atoms with E-state index in [0.29, 0.717) is 63.5 Å². The van der Waals surface area contributed by atoms with Crippen LogP contribution in [0.2, 0.25) is 0 Å². The van der Waals surface area contributed by atoms with Gasteiger partial charge in [-0.1, -0.05) is 0 Å². The average molecular weight is 480 g/mol. The summed E-state index contributed by atoms with van der Waals surface area (Å²) in [4.78, 5) is 30.0. The molecule has 0 aliphatic carbocycles. The van der Waals surface area contributed by atoms with Crippen molar-refractivity contribution in [2.45, 2.75) is 13.0 Å². The number of hydrogen-bond acceptors (Lipinski definition) is 8. The lowest BCUT2D eigenvalue weighted by atomic mass is 10.2. The van der Waals surface area contributed by atoms with Crippen LogP contribution in [0, 0.1) is 5.82 Å². The summed E-state index contributed by atoms with van der Waals surface area (Å²) in [5, 5.41) is 2.74. The van der Waals surface area contributed by atoms with Crippen molar-refractivity contribution in [3.05, 3.63) is 34.9 Å². The summed E-state index contributed by atoms with van der Waals surface area (Å²) in [6.45, 7) is 5.47. The molecule has 0 radical (unpaired) electrons. The molecule has 2 aromatic rings. The lowest BCUT2D eigenvalue weighted by Crippen LogP contribution is -2.47. The Labute approximate surface area is 182 Å². The second-order valence-electron chi connectivity index (χ2n) is 7.25. The van der Waals surface area contributed by atoms with Crippen LogP contribution in [0.15, 0.2) is 29.1 Å². The van der Waals surface area contributed by atoms with Crippen LogP contribution in [0.1, 0.15) is 6.92 Å². The van der Waals surface area contributed by atoms with Crippen molar-refractivity contribution < 1.29 is 13.9 Å². The third kappa shape index (κ3) is 4.78. The Bertz CT molecular complexity index is 893. The highest BCUT2D eigenvalue weighted by atomic mass is 79.9. The summed E-state index contributed by atoms with van der Waals surface area (Å²) in [7, 11) is 0. The van der Waals surface area contributed by atoms with Crippen LogP contribution in [-0.2, 0) is 9.53 Å². The third-order valence-electron chi connectivity index (χ3n) is 5.11. The minimum Gasteiger partial charge on any atom is -0.354 e. The molecule has 1 amide bonds. The zero-order valence-corrected chi connectivity index (χ0v) is 18.2. The molecule has 0 aromatic carbocycles. The quantitative estimate of drug-likeness (QED) is 0.688. The summed E-state index contributed by atoms with van der Waals surface area (Å²) in [5.74, 6) is 0.571. The molecule has 0 spiro atoms. The number of piperazine rings is 1. The fourth-order valence-electron chi connectivity index (χ4n) is 3.52. The molecule has 0 saturated carbocycles. The predicted octanol–water partition coefficient (Wildman–Crippen LogP) is 1.40. The molecule has 2 aliphatic rings. The molecule has 1 N–H and O–H groups in total. The Morgan fingerprint density at radius 2 is 1.87 bits per heavy atom. The normalized spacial score (nSPS) is 19.3. The predicted molar refractivity (Wildman–Crippen MR) is 114 cm³/mol. The summed E-state index contributed by atoms with van der Waals surface area (Å²) >= 11 is 3.33. The van der Waals surface area contributed by atoms with Crippen molar-refractivity contribution in [3.63, 3.8) is 0 Å². The molecule has 2 saturated heterocycles. The minimum absolute atomic E-state index is 0.0964. The standard InChI is InChI=1S/C19H23BrFN7O2/c1-13(29)22-10-16-11-28(12-30-16)15-6-17(21)18(23-9-15)26-2-4-27(5-3-26)19-24-7-14(20)8-25-19/h6-9,16H,2-5,10-12H2,1H3,(H,22,29). The van der Waals surface area contributed by atoms with E-state index in [2.05, 4.69) is 41.1 Å². The summed E-state index contributed by atoms with van der Waals surface area (Å²) in [6.07, 6.45) is 4.99. The van der Waals surface area contributed by atoms with Gasteiger partial charge in [0.25, 0.3) is 0 Å². The molecule has 4 rings (SSSR count). The van der Waals surface area contributed by atoms with E-state index < -0.39 is 0 Å². The highest BCUT2D eigenvalue weighted by molar-refractivity contribution is 9.10. The molecule has 9 nitrogen and oxygen atoms in total. The fourth-order valence-corrected chi connectivity index (χ4v) is 3.73. The first-order valence-electron chi connectivity index (χ1n) is 9.73. The molecule has 1 unspecified atom stereocenters. The molecule has 30 heavy (non-hydrogen) atoms. The van der Waals surface area contributed by atoms with E-state index in [1.165, 1.54) is 13.0 Å². The Kier molecular flexibility index (Phi) is 6.28. The Balaban J connectivity index is 1.35. The van der Waals surface area contributed by atoms with Crippen molar-refractivity contribution in [1.29, 1.82) is 0 Å². The second-order valence-corrected chi connectivity index (χ2v) is 8.17. The summed E-state index contributed by atoms with van der Waals surface area (Å²) in [5.41, 5.74) is 0.670. The van der Waals surface area contributed by atoms with Gasteiger partial charge < -0.3 is 24.8 Å². The Morgan fingerprint density at radius 1 is 1.17 bits per heavy atom. The van der Waals surface area contributed by atoms with Crippen molar-refractivity contribution in [2.24, 2.45) is 0 Å². The Hall–Kier alpha value is -2.53. The molecule has 160 valence electrons. The van der Waals surface area contributed by atoms with Gasteiger partial charge in [-0.3, -0.25) is 4.79 Å². The number of halogens is 2. The van der Waals surface area contributed by atoms with Crippen LogP contribution < -0.4 is 20.0 Å². The number of nitrogens with one attached hydrogen (secondary N) is 1. The number of anilines is 3. The number of carbonyl (C=O) groups is 1. The number of hydrogen-bond donors (Lipinski definition) is 1. The van der Waals surface area contributed by atoms with Gasteiger partial charge in [-0.2, -0.15) is 0 Å². The monoisotopic (exact) mass is 479 g/mol. The molecular formula is C19H23BrFN7O2. The van der Waals surface area contributed by atoms with E-state index in [0.717, 1.165) is 4.47 Å². The highest BCUT2D eigenvalue weighted by Gasteiger charge is 2.26. The molecule has 2 fully saturated rings. The first-order chi connectivity index (χ1) is 14.5. The Morgan fingerprint density at radius 3 is 2.53 bits per heavy atom. The van der Waals surface area contributed by atoms with E-state index in [1.807, 2.05) is 9.80 Å². The van der Waals surface area contributed by atoms with Crippen LogP contribution in [0.5, 0.6) is 0 Å². The van der Waals surface area contributed by atoms with Crippen molar-refractivity contribution in [1.82, 2.24) is 20.3 Å². The number of rotatable bonds is 5. The van der Waals surface area contributed by atoms with E-state index >= 15 is 0 Å². The van der Waals surface area contributed by atoms with Crippen LogP contribution in [-0.4, -0.2) is 73.0 Å². The zero-order valence-electron chi connectivity index (χ0n) is 16.6. The smallest absolute Gasteiger partial charge is 0.225 e. The molecule has 11 heteroatoms. The molecular weight excluding hydrogens is 457 g/mol. The topological polar surface area (TPSA) is 86.7 Å². The van der Waals surface area contributed by atoms with E-state index in [-0.39, 0.29) is 17.8 Å². The largest absolute Gasteiger partial charge is 0.354 e. The fraction of sp³-hybridized carbons (Fsp3) is 0.474. The van der Waals surface area contributed by atoms with Gasteiger partial charge in [0.05, 0.1) is 22.5 Å². The maximum atomic E-state index is 14.8. The van der Waals surface area contributed by atoms with Crippen molar-refractivity contribution in [2.75, 3.05) is 60.7 Å². The summed E-state index contributed by atoms with van der Waals surface area (Å²) in [6, 6.07) is 1.50. The van der Waals surface area contributed by atoms with Crippen molar-refractivity contribution >= 4 is 39.3 Å². The van der Waals surface area contributed by atoms with Crippen LogP contribution in [0.4, 0.5) is 21.8 Å². The average Bonchev–Trinajstić information content (AvgIpc) is 3.22. The van der Waals surface area contributed by atoms with Crippen LogP contribution >= 0.6 is 15.9 Å². The van der Waals surface area contributed by atoms with E-state index in [9.17, 15) is 9.18 Å². The highest BCUT2D eigenvalue weighted by Crippen LogP contribution is 2.26. The van der Waals surface area contributed by atoms with E-state index in [1.54, 1.807) is 18.6 Å². The molecule has 1 atom stereocenters. The SMILES string of the molecule is CC(=O)NCC1CN(c2cnc(N3CCN(c4ncc(Br)cn4)CC3)c(F)c2)CO1. The molecule has 2 aliphatic heterocycles. The third-order valence-corrected chi connectivity index (χ3v) is 5.52. The maximum Gasteiger partial charge on any atom is 0.225 e. The minimum atomic E-state index is -0.355. The summed E-state index contributed by atoms with van der Waals surface area (Å²) < 4.78 is 21.3. The lowest BCUT2D eigenvalue weighted by Gasteiger charge is -2.35. The molecule has 0 bridgehead atoms. The van der Waals surface area contributed by atoms with Gasteiger partial charge in [-0.15, -0.1) is 0 Å². The number of nitrogens with zero attached hydrogens (tertiary/aromatic N) is 6. The van der Waals surface area contributed by atoms with E-state index in [4.69, 9.17) is 4.74 Å². The van der Waals surface area contributed by atoms with Crippen LogP contribution in [0.25, 0.3) is 0 Å². The molecule has 2 aromatic heterocycles. The number of carbonyl (C=O) groups excluding carboxylic acids is 1. The van der Waals surface area contributed by atoms with Gasteiger partial charge in [0.2, 0.25) is 11.9 Å². The number of aromatic nitrogens is 3. The molecule has 4 heterocycles. The van der Waals surface area contributed by atoms with Gasteiger partial charge in [0.1, 0.15) is 6.73 Å². The second kappa shape index (κ2) is 9.09. The number of amides is 1. The lowest BCUT2D eigenvalue weighted by molar-refractivity contribution is -0.119. The first-order valence-corrected chi connectivity index (χ1v) is 10.5. The van der Waals surface area contributed by atoms with Gasteiger partial charge in [-0.25, -0.2) is 19.3 Å². The van der Waals surface area contributed by atoms with Gasteiger partial charge in [-0.05, 0) is 15.9 Å². The first kappa shape index (κ1) is 20.7. The number of pyridine rings is 1. The van der Waals surface area contributed by atoms with Crippen LogP contribution in [0.3, 0.4) is 0 Å². The number of ether oxygens (including phenoxy) is 1. The van der Waals surface area contributed by atoms with Gasteiger partial charge in [0, 0.05) is 64.7 Å². The maximum absolute atomic E-state index is 14.8. The van der Waals surface area contributed by atoms with Crippen molar-refractivity contribution in [3.8, 4) is 0 Å².